The fraction of sp³-hybridized carbons (Fsp3) is 0.263. The molecule has 2 aromatic carbocycles. The first-order valence-electron chi connectivity index (χ1n) is 8.06. The molecular formula is C19H22FN3O2. The van der Waals surface area contributed by atoms with Crippen molar-refractivity contribution in [1.29, 1.82) is 0 Å². The van der Waals surface area contributed by atoms with E-state index in [0.717, 1.165) is 23.4 Å². The molecule has 0 spiro atoms. The number of carbonyl (C=O) groups excluding carboxylic acids is 2. The van der Waals surface area contributed by atoms with Gasteiger partial charge >= 0.3 is 11.8 Å². The molecule has 0 saturated heterocycles. The maximum atomic E-state index is 13.7. The molecule has 0 aliphatic carbocycles. The molecule has 0 unspecified atom stereocenters. The van der Waals surface area contributed by atoms with Gasteiger partial charge in [-0.2, -0.15) is 0 Å². The van der Waals surface area contributed by atoms with Gasteiger partial charge in [-0.05, 0) is 43.2 Å². The number of carbonyl (C=O) groups is 2. The third kappa shape index (κ3) is 4.79. The zero-order valence-corrected chi connectivity index (χ0v) is 14.6. The van der Waals surface area contributed by atoms with Crippen LogP contribution in [0.2, 0.25) is 0 Å². The van der Waals surface area contributed by atoms with Crippen molar-refractivity contribution in [2.75, 3.05) is 23.8 Å². The van der Waals surface area contributed by atoms with E-state index in [1.165, 1.54) is 12.1 Å². The van der Waals surface area contributed by atoms with Gasteiger partial charge in [-0.3, -0.25) is 9.59 Å². The molecule has 2 amide bonds. The van der Waals surface area contributed by atoms with Crippen LogP contribution in [0.5, 0.6) is 0 Å². The molecule has 0 atom stereocenters. The maximum Gasteiger partial charge on any atom is 0.313 e. The number of anilines is 2. The van der Waals surface area contributed by atoms with Gasteiger partial charge in [0.2, 0.25) is 0 Å². The summed E-state index contributed by atoms with van der Waals surface area (Å²) < 4.78 is 13.7. The van der Waals surface area contributed by atoms with Crippen LogP contribution in [0.15, 0.2) is 42.5 Å². The Bertz CT molecular complexity index is 777. The molecule has 0 fully saturated rings. The van der Waals surface area contributed by atoms with Crippen LogP contribution in [-0.4, -0.2) is 25.4 Å². The van der Waals surface area contributed by atoms with Crippen molar-refractivity contribution < 1.29 is 14.0 Å². The molecule has 0 radical (unpaired) electrons. The largest absolute Gasteiger partial charge is 0.375 e. The van der Waals surface area contributed by atoms with Crippen LogP contribution in [0.1, 0.15) is 18.1 Å². The summed E-state index contributed by atoms with van der Waals surface area (Å²) in [6, 6.07) is 11.9. The van der Waals surface area contributed by atoms with Crippen molar-refractivity contribution in [3.05, 3.63) is 59.4 Å². The monoisotopic (exact) mass is 343 g/mol. The van der Waals surface area contributed by atoms with Gasteiger partial charge in [0.1, 0.15) is 5.82 Å². The van der Waals surface area contributed by atoms with E-state index in [4.69, 9.17) is 0 Å². The number of para-hydroxylation sites is 1. The van der Waals surface area contributed by atoms with Crippen molar-refractivity contribution >= 4 is 23.2 Å². The average Bonchev–Trinajstić information content (AvgIpc) is 2.62. The molecular weight excluding hydrogens is 321 g/mol. The summed E-state index contributed by atoms with van der Waals surface area (Å²) in [7, 11) is 1.95. The van der Waals surface area contributed by atoms with E-state index in [2.05, 4.69) is 10.6 Å². The SMILES string of the molecule is CCN(C)c1ccccc1CNC(=O)C(=O)Nc1cc(C)ccc1F. The highest BCUT2D eigenvalue weighted by Gasteiger charge is 2.16. The van der Waals surface area contributed by atoms with Gasteiger partial charge < -0.3 is 15.5 Å². The summed E-state index contributed by atoms with van der Waals surface area (Å²) in [5.74, 6) is -2.29. The fourth-order valence-corrected chi connectivity index (χ4v) is 2.37. The Balaban J connectivity index is 2.01. The lowest BCUT2D eigenvalue weighted by molar-refractivity contribution is -0.136. The molecule has 2 N–H and O–H groups in total. The molecule has 25 heavy (non-hydrogen) atoms. The lowest BCUT2D eigenvalue weighted by atomic mass is 10.1. The second-order valence-electron chi connectivity index (χ2n) is 5.76. The van der Waals surface area contributed by atoms with Gasteiger partial charge in [-0.25, -0.2) is 4.39 Å². The van der Waals surface area contributed by atoms with Crippen LogP contribution in [0.3, 0.4) is 0 Å². The Morgan fingerprint density at radius 1 is 1.12 bits per heavy atom. The van der Waals surface area contributed by atoms with Gasteiger partial charge in [0.25, 0.3) is 0 Å². The lowest BCUT2D eigenvalue weighted by Crippen LogP contribution is -2.35. The average molecular weight is 343 g/mol. The van der Waals surface area contributed by atoms with Gasteiger partial charge in [0.15, 0.2) is 0 Å². The van der Waals surface area contributed by atoms with Crippen LogP contribution in [0, 0.1) is 12.7 Å². The number of hydrogen-bond donors (Lipinski definition) is 2. The highest BCUT2D eigenvalue weighted by atomic mass is 19.1. The summed E-state index contributed by atoms with van der Waals surface area (Å²) in [4.78, 5) is 26.0. The summed E-state index contributed by atoms with van der Waals surface area (Å²) in [5.41, 5.74) is 2.66. The van der Waals surface area contributed by atoms with E-state index in [1.807, 2.05) is 43.1 Å². The van der Waals surface area contributed by atoms with Gasteiger partial charge in [0, 0.05) is 25.8 Å². The van der Waals surface area contributed by atoms with Gasteiger partial charge in [-0.15, -0.1) is 0 Å². The van der Waals surface area contributed by atoms with E-state index in [0.29, 0.717) is 0 Å². The number of rotatable bonds is 5. The van der Waals surface area contributed by atoms with Crippen molar-refractivity contribution in [3.8, 4) is 0 Å². The van der Waals surface area contributed by atoms with Gasteiger partial charge in [-0.1, -0.05) is 24.3 Å². The standard InChI is InChI=1S/C19H22FN3O2/c1-4-23(3)17-8-6-5-7-14(17)12-21-18(24)19(25)22-16-11-13(2)9-10-15(16)20/h5-11H,4,12H2,1-3H3,(H,21,24)(H,22,25). The predicted molar refractivity (Wildman–Crippen MR) is 97.0 cm³/mol. The fourth-order valence-electron chi connectivity index (χ4n) is 2.37. The number of halogens is 1. The minimum absolute atomic E-state index is 0.00809. The second-order valence-corrected chi connectivity index (χ2v) is 5.76. The minimum atomic E-state index is -0.897. The lowest BCUT2D eigenvalue weighted by Gasteiger charge is -2.20. The summed E-state index contributed by atoms with van der Waals surface area (Å²) >= 11 is 0. The summed E-state index contributed by atoms with van der Waals surface area (Å²) in [5, 5.41) is 4.87. The molecule has 0 saturated carbocycles. The van der Waals surface area contributed by atoms with Crippen LogP contribution < -0.4 is 15.5 Å². The van der Waals surface area contributed by atoms with Crippen molar-refractivity contribution in [1.82, 2.24) is 5.32 Å². The van der Waals surface area contributed by atoms with E-state index in [1.54, 1.807) is 13.0 Å². The van der Waals surface area contributed by atoms with Crippen LogP contribution in [0.25, 0.3) is 0 Å². The van der Waals surface area contributed by atoms with Crippen molar-refractivity contribution in [3.63, 3.8) is 0 Å². The first-order chi connectivity index (χ1) is 11.9. The van der Waals surface area contributed by atoms with Gasteiger partial charge in [0.05, 0.1) is 5.69 Å². The molecule has 0 bridgehead atoms. The third-order valence-corrected chi connectivity index (χ3v) is 3.89. The zero-order chi connectivity index (χ0) is 18.4. The molecule has 0 aliphatic heterocycles. The highest BCUT2D eigenvalue weighted by Crippen LogP contribution is 2.19. The van der Waals surface area contributed by atoms with Crippen molar-refractivity contribution in [2.24, 2.45) is 0 Å². The van der Waals surface area contributed by atoms with E-state index >= 15 is 0 Å². The van der Waals surface area contributed by atoms with E-state index in [-0.39, 0.29) is 12.2 Å². The van der Waals surface area contributed by atoms with Crippen LogP contribution in [0.4, 0.5) is 15.8 Å². The molecule has 2 aromatic rings. The molecule has 0 aliphatic rings. The Morgan fingerprint density at radius 3 is 2.56 bits per heavy atom. The first kappa shape index (κ1) is 18.4. The smallest absolute Gasteiger partial charge is 0.313 e. The number of aryl methyl sites for hydroxylation is 1. The molecule has 6 heteroatoms. The molecule has 132 valence electrons. The topological polar surface area (TPSA) is 61.4 Å². The predicted octanol–water partition coefficient (Wildman–Crippen LogP) is 2.85. The second kappa shape index (κ2) is 8.28. The van der Waals surface area contributed by atoms with E-state index in [9.17, 15) is 14.0 Å². The number of nitrogens with zero attached hydrogens (tertiary/aromatic N) is 1. The maximum absolute atomic E-state index is 13.7. The number of benzene rings is 2. The third-order valence-electron chi connectivity index (χ3n) is 3.89. The molecule has 5 nitrogen and oxygen atoms in total. The minimum Gasteiger partial charge on any atom is -0.375 e. The summed E-state index contributed by atoms with van der Waals surface area (Å²) in [6.07, 6.45) is 0. The molecule has 0 aromatic heterocycles. The van der Waals surface area contributed by atoms with Crippen LogP contribution in [-0.2, 0) is 16.1 Å². The highest BCUT2D eigenvalue weighted by molar-refractivity contribution is 6.39. The summed E-state index contributed by atoms with van der Waals surface area (Å²) in [6.45, 7) is 4.83. The number of hydrogen-bond acceptors (Lipinski definition) is 3. The number of amides is 2. The first-order valence-corrected chi connectivity index (χ1v) is 8.06. The number of nitrogens with one attached hydrogen (secondary N) is 2. The van der Waals surface area contributed by atoms with Crippen LogP contribution >= 0.6 is 0 Å². The quantitative estimate of drug-likeness (QED) is 0.821. The van der Waals surface area contributed by atoms with Crippen molar-refractivity contribution in [2.45, 2.75) is 20.4 Å². The molecule has 0 heterocycles. The normalized spacial score (nSPS) is 10.2. The zero-order valence-electron chi connectivity index (χ0n) is 14.6. The Labute approximate surface area is 146 Å². The Morgan fingerprint density at radius 2 is 1.84 bits per heavy atom. The Hall–Kier alpha value is -2.89. The van der Waals surface area contributed by atoms with E-state index < -0.39 is 17.6 Å². The molecule has 2 rings (SSSR count). The Kier molecular flexibility index (Phi) is 6.11.